The number of nitrogens with one attached hydrogen (secondary N) is 2. The molecule has 0 unspecified atom stereocenters. The number of hydrogen-bond acceptors (Lipinski definition) is 5. The summed E-state index contributed by atoms with van der Waals surface area (Å²) in [5, 5.41) is 6.26. The van der Waals surface area contributed by atoms with E-state index < -0.39 is 6.03 Å². The van der Waals surface area contributed by atoms with E-state index in [1.165, 1.54) is 13.3 Å². The number of hydrazone groups is 1. The highest BCUT2D eigenvalue weighted by molar-refractivity contribution is 5.82. The van der Waals surface area contributed by atoms with Gasteiger partial charge in [-0.15, -0.1) is 0 Å². The molecule has 0 fully saturated rings. The molecule has 0 aliphatic heterocycles. The number of nitrogens with two attached hydrogens (primary N) is 1. The van der Waals surface area contributed by atoms with Crippen molar-refractivity contribution in [2.24, 2.45) is 10.8 Å². The van der Waals surface area contributed by atoms with E-state index in [2.05, 4.69) is 15.8 Å². The van der Waals surface area contributed by atoms with Gasteiger partial charge in [0.05, 0.1) is 13.3 Å². The molecule has 8 heteroatoms. The zero-order chi connectivity index (χ0) is 15.7. The van der Waals surface area contributed by atoms with Crippen molar-refractivity contribution in [3.63, 3.8) is 0 Å². The first kappa shape index (κ1) is 16.3. The largest absolute Gasteiger partial charge is 0.493 e. The zero-order valence-corrected chi connectivity index (χ0v) is 11.9. The molecular formula is C13H18N4O4. The van der Waals surface area contributed by atoms with Gasteiger partial charge in [0, 0.05) is 6.54 Å². The maximum absolute atomic E-state index is 11.3. The van der Waals surface area contributed by atoms with Crippen LogP contribution in [0.1, 0.15) is 12.5 Å². The minimum absolute atomic E-state index is 0.0964. The number of methoxy groups -OCH3 is 1. The lowest BCUT2D eigenvalue weighted by Gasteiger charge is -2.11. The number of benzene rings is 1. The highest BCUT2D eigenvalue weighted by Crippen LogP contribution is 2.27. The maximum atomic E-state index is 11.3. The fraction of sp³-hybridized carbons (Fsp3) is 0.308. The van der Waals surface area contributed by atoms with Crippen molar-refractivity contribution in [1.82, 2.24) is 10.7 Å². The predicted molar refractivity (Wildman–Crippen MR) is 77.5 cm³/mol. The van der Waals surface area contributed by atoms with Crippen LogP contribution in [0, 0.1) is 0 Å². The van der Waals surface area contributed by atoms with Gasteiger partial charge in [0.25, 0.3) is 5.91 Å². The second kappa shape index (κ2) is 8.41. The number of nitrogens with zero attached hydrogens (tertiary/aromatic N) is 1. The van der Waals surface area contributed by atoms with E-state index >= 15 is 0 Å². The average molecular weight is 294 g/mol. The van der Waals surface area contributed by atoms with Crippen LogP contribution in [0.5, 0.6) is 11.5 Å². The van der Waals surface area contributed by atoms with Gasteiger partial charge in [0.2, 0.25) is 0 Å². The summed E-state index contributed by atoms with van der Waals surface area (Å²) >= 11 is 0. The Morgan fingerprint density at radius 1 is 1.38 bits per heavy atom. The number of rotatable bonds is 7. The molecule has 0 bridgehead atoms. The Morgan fingerprint density at radius 2 is 2.14 bits per heavy atom. The monoisotopic (exact) mass is 294 g/mol. The molecule has 0 aliphatic rings. The number of amides is 3. The average Bonchev–Trinajstić information content (AvgIpc) is 2.45. The van der Waals surface area contributed by atoms with Gasteiger partial charge in [-0.1, -0.05) is 0 Å². The molecular weight excluding hydrogens is 276 g/mol. The normalized spacial score (nSPS) is 10.2. The van der Waals surface area contributed by atoms with Gasteiger partial charge < -0.3 is 20.5 Å². The molecule has 4 N–H and O–H groups in total. The molecule has 0 heterocycles. The lowest BCUT2D eigenvalue weighted by atomic mass is 10.2. The first-order valence-electron chi connectivity index (χ1n) is 6.22. The SMILES string of the molecule is CCNC(=O)COc1ccc(/C=N\NC(N)=O)cc1OC. The molecule has 0 radical (unpaired) electrons. The number of carbonyl (C=O) groups is 2. The Labute approximate surface area is 122 Å². The quantitative estimate of drug-likeness (QED) is 0.492. The summed E-state index contributed by atoms with van der Waals surface area (Å²) in [6, 6.07) is 4.24. The van der Waals surface area contributed by atoms with E-state index in [1.807, 2.05) is 6.92 Å². The van der Waals surface area contributed by atoms with E-state index in [9.17, 15) is 9.59 Å². The van der Waals surface area contributed by atoms with Crippen molar-refractivity contribution >= 4 is 18.2 Å². The molecule has 0 saturated carbocycles. The number of likely N-dealkylation sites (N-methyl/N-ethyl adjacent to an activating group) is 1. The van der Waals surface area contributed by atoms with Crippen molar-refractivity contribution in [3.05, 3.63) is 23.8 Å². The Bertz CT molecular complexity index is 531. The number of urea groups is 1. The fourth-order valence-electron chi connectivity index (χ4n) is 1.45. The molecule has 8 nitrogen and oxygen atoms in total. The molecule has 0 spiro atoms. The first-order chi connectivity index (χ1) is 10.1. The molecule has 1 rings (SSSR count). The number of primary amides is 1. The van der Waals surface area contributed by atoms with E-state index in [-0.39, 0.29) is 12.5 Å². The number of ether oxygens (including phenoxy) is 2. The summed E-state index contributed by atoms with van der Waals surface area (Å²) in [5.74, 6) is 0.668. The smallest absolute Gasteiger partial charge is 0.332 e. The van der Waals surface area contributed by atoms with Crippen LogP contribution in [0.25, 0.3) is 0 Å². The molecule has 0 saturated heterocycles. The van der Waals surface area contributed by atoms with Crippen LogP contribution in [0.2, 0.25) is 0 Å². The van der Waals surface area contributed by atoms with Crippen LogP contribution in [-0.4, -0.2) is 38.4 Å². The molecule has 1 aromatic carbocycles. The van der Waals surface area contributed by atoms with Crippen LogP contribution < -0.4 is 25.9 Å². The Balaban J connectivity index is 2.72. The third-order valence-corrected chi connectivity index (χ3v) is 2.31. The third kappa shape index (κ3) is 5.81. The van der Waals surface area contributed by atoms with Crippen LogP contribution in [-0.2, 0) is 4.79 Å². The number of hydrogen-bond donors (Lipinski definition) is 3. The molecule has 3 amide bonds. The van der Waals surface area contributed by atoms with Crippen LogP contribution in [0.3, 0.4) is 0 Å². The van der Waals surface area contributed by atoms with Gasteiger partial charge >= 0.3 is 6.03 Å². The number of carbonyl (C=O) groups excluding carboxylic acids is 2. The summed E-state index contributed by atoms with van der Waals surface area (Å²) in [4.78, 5) is 21.8. The van der Waals surface area contributed by atoms with E-state index in [1.54, 1.807) is 18.2 Å². The second-order valence-corrected chi connectivity index (χ2v) is 3.89. The highest BCUT2D eigenvalue weighted by atomic mass is 16.5. The van der Waals surface area contributed by atoms with Crippen LogP contribution >= 0.6 is 0 Å². The fourth-order valence-corrected chi connectivity index (χ4v) is 1.45. The van der Waals surface area contributed by atoms with Crippen molar-refractivity contribution in [2.45, 2.75) is 6.92 Å². The van der Waals surface area contributed by atoms with Gasteiger partial charge in [-0.05, 0) is 30.7 Å². The van der Waals surface area contributed by atoms with Crippen LogP contribution in [0.15, 0.2) is 23.3 Å². The predicted octanol–water partition coefficient (Wildman–Crippen LogP) is 0.212. The lowest BCUT2D eigenvalue weighted by molar-refractivity contribution is -0.123. The molecule has 0 atom stereocenters. The Kier molecular flexibility index (Phi) is 6.52. The lowest BCUT2D eigenvalue weighted by Crippen LogP contribution is -2.28. The van der Waals surface area contributed by atoms with E-state index in [4.69, 9.17) is 15.2 Å². The summed E-state index contributed by atoms with van der Waals surface area (Å²) in [5.41, 5.74) is 7.64. The van der Waals surface area contributed by atoms with Crippen molar-refractivity contribution in [1.29, 1.82) is 0 Å². The van der Waals surface area contributed by atoms with Gasteiger partial charge in [-0.2, -0.15) is 5.10 Å². The van der Waals surface area contributed by atoms with Crippen molar-refractivity contribution < 1.29 is 19.1 Å². The minimum Gasteiger partial charge on any atom is -0.493 e. The van der Waals surface area contributed by atoms with Gasteiger partial charge in [0.1, 0.15) is 0 Å². The highest BCUT2D eigenvalue weighted by Gasteiger charge is 2.07. The Hall–Kier alpha value is -2.77. The first-order valence-corrected chi connectivity index (χ1v) is 6.22. The minimum atomic E-state index is -0.750. The van der Waals surface area contributed by atoms with Gasteiger partial charge in [-0.25, -0.2) is 10.2 Å². The molecule has 114 valence electrons. The molecule has 0 aromatic heterocycles. The summed E-state index contributed by atoms with van der Waals surface area (Å²) in [6.45, 7) is 2.27. The van der Waals surface area contributed by atoms with Gasteiger partial charge in [-0.3, -0.25) is 4.79 Å². The van der Waals surface area contributed by atoms with Gasteiger partial charge in [0.15, 0.2) is 18.1 Å². The maximum Gasteiger partial charge on any atom is 0.332 e. The molecule has 0 aliphatic carbocycles. The summed E-state index contributed by atoms with van der Waals surface area (Å²) in [7, 11) is 1.48. The Morgan fingerprint density at radius 3 is 2.76 bits per heavy atom. The van der Waals surface area contributed by atoms with Crippen molar-refractivity contribution in [3.8, 4) is 11.5 Å². The van der Waals surface area contributed by atoms with E-state index in [0.29, 0.717) is 23.6 Å². The standard InChI is InChI=1S/C13H18N4O4/c1-3-15-12(18)8-21-10-5-4-9(6-11(10)20-2)7-16-17-13(14)19/h4-7H,3,8H2,1-2H3,(H,15,18)(H3,14,17,19)/b16-7-. The topological polar surface area (TPSA) is 115 Å². The summed E-state index contributed by atoms with van der Waals surface area (Å²) in [6.07, 6.45) is 1.40. The molecule has 21 heavy (non-hydrogen) atoms. The zero-order valence-electron chi connectivity index (χ0n) is 11.9. The van der Waals surface area contributed by atoms with Crippen LogP contribution in [0.4, 0.5) is 4.79 Å². The third-order valence-electron chi connectivity index (χ3n) is 2.31. The van der Waals surface area contributed by atoms with E-state index in [0.717, 1.165) is 0 Å². The molecule has 1 aromatic rings. The summed E-state index contributed by atoms with van der Waals surface area (Å²) < 4.78 is 10.5. The van der Waals surface area contributed by atoms with Crippen molar-refractivity contribution in [2.75, 3.05) is 20.3 Å². The second-order valence-electron chi connectivity index (χ2n) is 3.89.